The van der Waals surface area contributed by atoms with Crippen molar-refractivity contribution in [1.82, 2.24) is 24.6 Å². The summed E-state index contributed by atoms with van der Waals surface area (Å²) in [6, 6.07) is 10.3. The maximum Gasteiger partial charge on any atom is 0.244 e. The second kappa shape index (κ2) is 9.89. The lowest BCUT2D eigenvalue weighted by atomic mass is 9.94. The van der Waals surface area contributed by atoms with Crippen molar-refractivity contribution in [3.05, 3.63) is 54.1 Å². The molecular weight excluding hydrogens is 454 g/mol. The topological polar surface area (TPSA) is 90.6 Å². The molecule has 2 aromatic heterocycles. The Labute approximate surface area is 212 Å². The van der Waals surface area contributed by atoms with Gasteiger partial charge >= 0.3 is 0 Å². The Kier molecular flexibility index (Phi) is 6.66. The normalized spacial score (nSPS) is 17.9. The first-order valence-electron chi connectivity index (χ1n) is 12.7. The SMILES string of the molecule is Cc1cc(C)n(CC(=O)N2CCN(c3ccccc3-c3cnc(N4CCC(C)(O)CC4)nc3)CC2)n1. The van der Waals surface area contributed by atoms with Crippen molar-refractivity contribution in [1.29, 1.82) is 0 Å². The highest BCUT2D eigenvalue weighted by Crippen LogP contribution is 2.32. The van der Waals surface area contributed by atoms with E-state index in [-0.39, 0.29) is 12.5 Å². The lowest BCUT2D eigenvalue weighted by molar-refractivity contribution is -0.132. The zero-order chi connectivity index (χ0) is 25.3. The predicted octanol–water partition coefficient (Wildman–Crippen LogP) is 2.66. The van der Waals surface area contributed by atoms with Crippen LogP contribution in [0.4, 0.5) is 11.6 Å². The molecule has 0 atom stereocenters. The average molecular weight is 490 g/mol. The standard InChI is InChI=1S/C27H35N7O2/c1-20-16-21(2)34(30-20)19-25(35)32-14-12-31(13-15-32)24-7-5-4-6-23(24)22-17-28-26(29-18-22)33-10-8-27(3,36)9-11-33/h4-7,16-18,36H,8-15,19H2,1-3H3. The number of piperazine rings is 1. The number of piperidine rings is 1. The number of aliphatic hydroxyl groups is 1. The molecule has 36 heavy (non-hydrogen) atoms. The Hall–Kier alpha value is -3.46. The zero-order valence-electron chi connectivity index (χ0n) is 21.4. The number of aryl methyl sites for hydroxylation is 2. The van der Waals surface area contributed by atoms with E-state index >= 15 is 0 Å². The largest absolute Gasteiger partial charge is 0.390 e. The van der Waals surface area contributed by atoms with Crippen LogP contribution < -0.4 is 9.80 Å². The second-order valence-corrected chi connectivity index (χ2v) is 10.2. The summed E-state index contributed by atoms with van der Waals surface area (Å²) in [4.78, 5) is 28.6. The van der Waals surface area contributed by atoms with Crippen molar-refractivity contribution in [2.45, 2.75) is 45.8 Å². The number of carbonyl (C=O) groups excluding carboxylic acids is 1. The van der Waals surface area contributed by atoms with Gasteiger partial charge in [0, 0.05) is 74.2 Å². The molecule has 2 aliphatic rings. The molecule has 1 amide bonds. The summed E-state index contributed by atoms with van der Waals surface area (Å²) in [5.74, 6) is 0.818. The minimum absolute atomic E-state index is 0.109. The molecule has 2 saturated heterocycles. The smallest absolute Gasteiger partial charge is 0.244 e. The summed E-state index contributed by atoms with van der Waals surface area (Å²) in [7, 11) is 0. The van der Waals surface area contributed by atoms with Gasteiger partial charge in [0.1, 0.15) is 6.54 Å². The number of benzene rings is 1. The van der Waals surface area contributed by atoms with E-state index in [2.05, 4.69) is 37.0 Å². The second-order valence-electron chi connectivity index (χ2n) is 10.2. The minimum Gasteiger partial charge on any atom is -0.390 e. The van der Waals surface area contributed by atoms with Gasteiger partial charge in [0.15, 0.2) is 0 Å². The Balaban J connectivity index is 1.24. The molecule has 1 aromatic carbocycles. The van der Waals surface area contributed by atoms with Gasteiger partial charge in [0.05, 0.1) is 11.3 Å². The molecule has 190 valence electrons. The van der Waals surface area contributed by atoms with E-state index in [1.165, 1.54) is 0 Å². The first-order chi connectivity index (χ1) is 17.3. The van der Waals surface area contributed by atoms with Gasteiger partial charge in [-0.1, -0.05) is 18.2 Å². The summed E-state index contributed by atoms with van der Waals surface area (Å²) < 4.78 is 1.79. The number of para-hydroxylation sites is 1. The van der Waals surface area contributed by atoms with Gasteiger partial charge in [-0.3, -0.25) is 9.48 Å². The van der Waals surface area contributed by atoms with E-state index in [4.69, 9.17) is 0 Å². The van der Waals surface area contributed by atoms with Gasteiger partial charge in [-0.25, -0.2) is 9.97 Å². The first kappa shape index (κ1) is 24.2. The first-order valence-corrected chi connectivity index (χ1v) is 12.7. The van der Waals surface area contributed by atoms with Crippen LogP contribution in [-0.2, 0) is 11.3 Å². The van der Waals surface area contributed by atoms with E-state index in [9.17, 15) is 9.90 Å². The molecule has 9 nitrogen and oxygen atoms in total. The molecule has 0 radical (unpaired) electrons. The third-order valence-corrected chi connectivity index (χ3v) is 7.34. The Morgan fingerprint density at radius 2 is 1.64 bits per heavy atom. The van der Waals surface area contributed by atoms with Crippen LogP contribution in [0.3, 0.4) is 0 Å². The van der Waals surface area contributed by atoms with Crippen LogP contribution >= 0.6 is 0 Å². The van der Waals surface area contributed by atoms with Gasteiger partial charge in [0.2, 0.25) is 11.9 Å². The van der Waals surface area contributed by atoms with E-state index in [0.717, 1.165) is 67.2 Å². The fourth-order valence-electron chi connectivity index (χ4n) is 5.07. The highest BCUT2D eigenvalue weighted by atomic mass is 16.3. The van der Waals surface area contributed by atoms with Crippen molar-refractivity contribution in [2.24, 2.45) is 0 Å². The van der Waals surface area contributed by atoms with Gasteiger partial charge in [-0.2, -0.15) is 5.10 Å². The third kappa shape index (κ3) is 5.21. The molecule has 0 spiro atoms. The Morgan fingerprint density at radius 1 is 0.972 bits per heavy atom. The van der Waals surface area contributed by atoms with Crippen molar-refractivity contribution < 1.29 is 9.90 Å². The molecule has 3 aromatic rings. The number of amides is 1. The Morgan fingerprint density at radius 3 is 2.28 bits per heavy atom. The molecule has 1 N–H and O–H groups in total. The van der Waals surface area contributed by atoms with Crippen molar-refractivity contribution in [2.75, 3.05) is 49.1 Å². The van der Waals surface area contributed by atoms with E-state index in [1.807, 2.05) is 56.3 Å². The van der Waals surface area contributed by atoms with E-state index in [1.54, 1.807) is 4.68 Å². The number of nitrogens with zero attached hydrogens (tertiary/aromatic N) is 7. The Bertz CT molecular complexity index is 1200. The number of aromatic nitrogens is 4. The molecule has 2 fully saturated rings. The van der Waals surface area contributed by atoms with Crippen molar-refractivity contribution >= 4 is 17.5 Å². The number of hydrogen-bond donors (Lipinski definition) is 1. The fourth-order valence-corrected chi connectivity index (χ4v) is 5.07. The van der Waals surface area contributed by atoms with Crippen LogP contribution in [0.25, 0.3) is 11.1 Å². The summed E-state index contributed by atoms with van der Waals surface area (Å²) in [5, 5.41) is 14.6. The van der Waals surface area contributed by atoms with Crippen molar-refractivity contribution in [3.8, 4) is 11.1 Å². The van der Waals surface area contributed by atoms with E-state index in [0.29, 0.717) is 19.0 Å². The van der Waals surface area contributed by atoms with Crippen LogP contribution in [0.1, 0.15) is 31.2 Å². The summed E-state index contributed by atoms with van der Waals surface area (Å²) in [5.41, 5.74) is 4.54. The molecule has 4 heterocycles. The number of carbonyl (C=O) groups is 1. The van der Waals surface area contributed by atoms with Crippen LogP contribution in [0.5, 0.6) is 0 Å². The molecule has 2 aliphatic heterocycles. The minimum atomic E-state index is -0.596. The van der Waals surface area contributed by atoms with Gasteiger partial charge in [-0.15, -0.1) is 0 Å². The summed E-state index contributed by atoms with van der Waals surface area (Å²) in [6.07, 6.45) is 5.22. The number of hydrogen-bond acceptors (Lipinski definition) is 7. The maximum absolute atomic E-state index is 12.9. The lowest BCUT2D eigenvalue weighted by Crippen LogP contribution is -2.49. The molecule has 0 saturated carbocycles. The average Bonchev–Trinajstić information content (AvgIpc) is 3.20. The van der Waals surface area contributed by atoms with Crippen LogP contribution in [0.2, 0.25) is 0 Å². The van der Waals surface area contributed by atoms with Gasteiger partial charge < -0.3 is 19.8 Å². The maximum atomic E-state index is 12.9. The molecule has 0 bridgehead atoms. The summed E-state index contributed by atoms with van der Waals surface area (Å²) >= 11 is 0. The molecule has 0 unspecified atom stereocenters. The molecule has 0 aliphatic carbocycles. The van der Waals surface area contributed by atoms with E-state index < -0.39 is 5.60 Å². The third-order valence-electron chi connectivity index (χ3n) is 7.34. The van der Waals surface area contributed by atoms with Crippen molar-refractivity contribution in [3.63, 3.8) is 0 Å². The summed E-state index contributed by atoms with van der Waals surface area (Å²) in [6.45, 7) is 10.5. The lowest BCUT2D eigenvalue weighted by Gasteiger charge is -2.37. The molecule has 9 heteroatoms. The zero-order valence-corrected chi connectivity index (χ0v) is 21.4. The van der Waals surface area contributed by atoms with Crippen LogP contribution in [0.15, 0.2) is 42.7 Å². The number of rotatable bonds is 5. The van der Waals surface area contributed by atoms with Crippen LogP contribution in [-0.4, -0.2) is 80.5 Å². The monoisotopic (exact) mass is 489 g/mol. The van der Waals surface area contributed by atoms with Gasteiger partial charge in [0.25, 0.3) is 0 Å². The highest BCUT2D eigenvalue weighted by molar-refractivity contribution is 5.79. The van der Waals surface area contributed by atoms with Gasteiger partial charge in [-0.05, 0) is 45.7 Å². The quantitative estimate of drug-likeness (QED) is 0.589. The predicted molar refractivity (Wildman–Crippen MR) is 140 cm³/mol. The number of anilines is 2. The highest BCUT2D eigenvalue weighted by Gasteiger charge is 2.28. The molecular formula is C27H35N7O2. The fraction of sp³-hybridized carbons (Fsp3) is 0.481. The molecule has 5 rings (SSSR count). The van der Waals surface area contributed by atoms with Crippen LogP contribution in [0, 0.1) is 13.8 Å².